The van der Waals surface area contributed by atoms with Crippen LogP contribution in [-0.4, -0.2) is 30.7 Å². The molecular formula is C24H31N5O2. The Kier molecular flexibility index (Phi) is 8.89. The fourth-order valence-corrected chi connectivity index (χ4v) is 2.70. The first-order chi connectivity index (χ1) is 14.8. The van der Waals surface area contributed by atoms with E-state index in [9.17, 15) is 4.79 Å². The smallest absolute Gasteiger partial charge is 0.412 e. The molecule has 0 aliphatic heterocycles. The number of hydrogen-bond donors (Lipinski definition) is 3. The van der Waals surface area contributed by atoms with Crippen LogP contribution in [0.3, 0.4) is 0 Å². The van der Waals surface area contributed by atoms with Crippen LogP contribution in [0.5, 0.6) is 0 Å². The van der Waals surface area contributed by atoms with Crippen molar-refractivity contribution in [1.82, 2.24) is 10.6 Å². The van der Waals surface area contributed by atoms with E-state index in [1.165, 1.54) is 0 Å². The van der Waals surface area contributed by atoms with Crippen molar-refractivity contribution in [3.8, 4) is 6.07 Å². The molecule has 2 aromatic carbocycles. The Labute approximate surface area is 184 Å². The van der Waals surface area contributed by atoms with Gasteiger partial charge in [-0.3, -0.25) is 5.32 Å². The van der Waals surface area contributed by atoms with Gasteiger partial charge in [-0.2, -0.15) is 5.26 Å². The average Bonchev–Trinajstić information content (AvgIpc) is 2.72. The van der Waals surface area contributed by atoms with E-state index in [0.717, 1.165) is 36.6 Å². The third-order valence-electron chi connectivity index (χ3n) is 4.15. The van der Waals surface area contributed by atoms with Gasteiger partial charge in [0.1, 0.15) is 5.60 Å². The molecule has 3 N–H and O–H groups in total. The number of anilines is 1. The molecule has 0 radical (unpaired) electrons. The summed E-state index contributed by atoms with van der Waals surface area (Å²) in [6.07, 6.45) is 0.351. The van der Waals surface area contributed by atoms with Crippen molar-refractivity contribution < 1.29 is 9.53 Å². The van der Waals surface area contributed by atoms with Crippen LogP contribution in [0, 0.1) is 11.3 Å². The van der Waals surface area contributed by atoms with E-state index in [1.54, 1.807) is 12.1 Å². The molecular weight excluding hydrogens is 390 g/mol. The summed E-state index contributed by atoms with van der Waals surface area (Å²) in [5, 5.41) is 18.2. The monoisotopic (exact) mass is 421 g/mol. The highest BCUT2D eigenvalue weighted by atomic mass is 16.6. The Morgan fingerprint density at radius 1 is 1.03 bits per heavy atom. The molecule has 0 aliphatic carbocycles. The minimum atomic E-state index is -0.526. The van der Waals surface area contributed by atoms with Crippen LogP contribution in [0.1, 0.15) is 44.4 Å². The van der Waals surface area contributed by atoms with Gasteiger partial charge >= 0.3 is 6.09 Å². The Morgan fingerprint density at radius 3 is 2.26 bits per heavy atom. The van der Waals surface area contributed by atoms with Crippen molar-refractivity contribution in [1.29, 1.82) is 5.26 Å². The van der Waals surface area contributed by atoms with Gasteiger partial charge in [0.15, 0.2) is 5.96 Å². The molecule has 0 fully saturated rings. The minimum absolute atomic E-state index is 0.462. The molecule has 7 heteroatoms. The molecule has 2 aromatic rings. The summed E-state index contributed by atoms with van der Waals surface area (Å²) >= 11 is 0. The average molecular weight is 422 g/mol. The number of carbonyl (C=O) groups excluding carboxylic acids is 1. The number of ether oxygens (including phenoxy) is 1. The van der Waals surface area contributed by atoms with Crippen molar-refractivity contribution in [3.63, 3.8) is 0 Å². The van der Waals surface area contributed by atoms with Crippen LogP contribution >= 0.6 is 0 Å². The summed E-state index contributed by atoms with van der Waals surface area (Å²) in [6, 6.07) is 17.2. The Balaban J connectivity index is 1.83. The molecule has 0 aromatic heterocycles. The summed E-state index contributed by atoms with van der Waals surface area (Å²) in [5.41, 5.74) is 3.00. The van der Waals surface area contributed by atoms with Crippen LogP contribution < -0.4 is 16.0 Å². The van der Waals surface area contributed by atoms with E-state index in [4.69, 9.17) is 10.00 Å². The molecule has 0 bridgehead atoms. The maximum absolute atomic E-state index is 11.8. The van der Waals surface area contributed by atoms with Gasteiger partial charge in [0.2, 0.25) is 0 Å². The molecule has 0 heterocycles. The topological polar surface area (TPSA) is 98.5 Å². The number of benzene rings is 2. The maximum atomic E-state index is 11.8. The second kappa shape index (κ2) is 11.6. The van der Waals surface area contributed by atoms with Gasteiger partial charge in [-0.1, -0.05) is 24.3 Å². The maximum Gasteiger partial charge on any atom is 0.412 e. The van der Waals surface area contributed by atoms with E-state index in [2.05, 4.69) is 27.0 Å². The number of nitrogens with one attached hydrogen (secondary N) is 3. The molecule has 2 rings (SSSR count). The molecule has 0 unspecified atom stereocenters. The standard InChI is InChI=1S/C24H31N5O2/c1-5-26-22(28-17-20-8-6-19(16-25)7-9-20)27-15-14-18-10-12-21(13-11-18)29-23(30)31-24(2,3)4/h6-13H,5,14-15,17H2,1-4H3,(H,29,30)(H2,26,27,28). The Hall–Kier alpha value is -3.53. The molecule has 0 saturated heterocycles. The molecule has 164 valence electrons. The molecule has 0 spiro atoms. The van der Waals surface area contributed by atoms with Crippen LogP contribution in [0.25, 0.3) is 0 Å². The van der Waals surface area contributed by atoms with Crippen molar-refractivity contribution in [3.05, 3.63) is 65.2 Å². The molecule has 1 amide bonds. The van der Waals surface area contributed by atoms with Gasteiger partial charge in [-0.25, -0.2) is 9.79 Å². The summed E-state index contributed by atoms with van der Waals surface area (Å²) in [6.45, 7) is 9.54. The zero-order chi connectivity index (χ0) is 22.7. The third kappa shape index (κ3) is 9.22. The number of rotatable bonds is 7. The second-order valence-corrected chi connectivity index (χ2v) is 8.00. The lowest BCUT2D eigenvalue weighted by molar-refractivity contribution is 0.0636. The van der Waals surface area contributed by atoms with Crippen LogP contribution in [0.4, 0.5) is 10.5 Å². The zero-order valence-electron chi connectivity index (χ0n) is 18.7. The van der Waals surface area contributed by atoms with Crippen molar-refractivity contribution in [2.45, 2.75) is 46.3 Å². The summed E-state index contributed by atoms with van der Waals surface area (Å²) in [4.78, 5) is 16.4. The fourth-order valence-electron chi connectivity index (χ4n) is 2.70. The van der Waals surface area contributed by atoms with Crippen molar-refractivity contribution in [2.75, 3.05) is 18.4 Å². The summed E-state index contributed by atoms with van der Waals surface area (Å²) < 4.78 is 5.26. The zero-order valence-corrected chi connectivity index (χ0v) is 18.7. The van der Waals surface area contributed by atoms with Gasteiger partial charge in [-0.05, 0) is 69.5 Å². The van der Waals surface area contributed by atoms with E-state index in [1.807, 2.05) is 64.1 Å². The number of amides is 1. The largest absolute Gasteiger partial charge is 0.444 e. The highest BCUT2D eigenvalue weighted by Crippen LogP contribution is 2.13. The molecule has 0 aliphatic rings. The van der Waals surface area contributed by atoms with Crippen LogP contribution in [-0.2, 0) is 17.7 Å². The predicted octanol–water partition coefficient (Wildman–Crippen LogP) is 4.20. The van der Waals surface area contributed by atoms with Crippen molar-refractivity contribution in [2.24, 2.45) is 4.99 Å². The number of nitrogens with zero attached hydrogens (tertiary/aromatic N) is 2. The van der Waals surface area contributed by atoms with Crippen LogP contribution in [0.15, 0.2) is 53.5 Å². The van der Waals surface area contributed by atoms with E-state index < -0.39 is 11.7 Å². The number of hydrogen-bond acceptors (Lipinski definition) is 4. The Bertz CT molecular complexity index is 907. The van der Waals surface area contributed by atoms with Gasteiger partial charge in [0.05, 0.1) is 18.2 Å². The van der Waals surface area contributed by atoms with Crippen molar-refractivity contribution >= 4 is 17.7 Å². The van der Waals surface area contributed by atoms with E-state index >= 15 is 0 Å². The van der Waals surface area contributed by atoms with Gasteiger partial charge in [-0.15, -0.1) is 0 Å². The molecule has 31 heavy (non-hydrogen) atoms. The predicted molar refractivity (Wildman–Crippen MR) is 124 cm³/mol. The first-order valence-electron chi connectivity index (χ1n) is 10.4. The Morgan fingerprint density at radius 2 is 1.68 bits per heavy atom. The lowest BCUT2D eigenvalue weighted by Crippen LogP contribution is -2.38. The molecule has 7 nitrogen and oxygen atoms in total. The SMILES string of the molecule is CCNC(=NCc1ccc(C#N)cc1)NCCc1ccc(NC(=O)OC(C)(C)C)cc1. The molecule has 0 atom stereocenters. The van der Waals surface area contributed by atoms with Gasteiger partial charge in [0.25, 0.3) is 0 Å². The first kappa shape index (κ1) is 23.7. The highest BCUT2D eigenvalue weighted by molar-refractivity contribution is 5.84. The number of nitriles is 1. The highest BCUT2D eigenvalue weighted by Gasteiger charge is 2.16. The summed E-state index contributed by atoms with van der Waals surface area (Å²) in [5.74, 6) is 0.745. The van der Waals surface area contributed by atoms with Gasteiger partial charge in [0, 0.05) is 18.8 Å². The van der Waals surface area contributed by atoms with E-state index in [0.29, 0.717) is 17.8 Å². The van der Waals surface area contributed by atoms with Crippen LogP contribution in [0.2, 0.25) is 0 Å². The number of aliphatic imine (C=N–C) groups is 1. The fraction of sp³-hybridized carbons (Fsp3) is 0.375. The quantitative estimate of drug-likeness (QED) is 0.460. The third-order valence-corrected chi connectivity index (χ3v) is 4.15. The van der Waals surface area contributed by atoms with Gasteiger partial charge < -0.3 is 15.4 Å². The van der Waals surface area contributed by atoms with E-state index in [-0.39, 0.29) is 0 Å². The second-order valence-electron chi connectivity index (χ2n) is 8.00. The summed E-state index contributed by atoms with van der Waals surface area (Å²) in [7, 11) is 0. The normalized spacial score (nSPS) is 11.4. The number of carbonyl (C=O) groups is 1. The minimum Gasteiger partial charge on any atom is -0.444 e. The molecule has 0 saturated carbocycles. The lowest BCUT2D eigenvalue weighted by Gasteiger charge is -2.19. The first-order valence-corrected chi connectivity index (χ1v) is 10.4. The lowest BCUT2D eigenvalue weighted by atomic mass is 10.1. The number of guanidine groups is 1.